The SMILES string of the molecule is O=C(OCC1(O)COC(OC2C(Oc3ccc(CCO)cc3)OC(CO)C(O)C2O)C1O)c1cccnc1. The van der Waals surface area contributed by atoms with Crippen LogP contribution in [0.3, 0.4) is 0 Å². The Labute approximate surface area is 217 Å². The van der Waals surface area contributed by atoms with Crippen LogP contribution in [0, 0.1) is 0 Å². The fourth-order valence-electron chi connectivity index (χ4n) is 4.10. The minimum Gasteiger partial charge on any atom is -0.462 e. The number of aromatic nitrogens is 1. The Morgan fingerprint density at radius 2 is 1.84 bits per heavy atom. The zero-order valence-electron chi connectivity index (χ0n) is 20.3. The van der Waals surface area contributed by atoms with Gasteiger partial charge in [0.25, 0.3) is 0 Å². The molecule has 3 heterocycles. The molecule has 2 saturated heterocycles. The fourth-order valence-corrected chi connectivity index (χ4v) is 4.10. The smallest absolute Gasteiger partial charge is 0.339 e. The highest BCUT2D eigenvalue weighted by Crippen LogP contribution is 2.32. The van der Waals surface area contributed by atoms with E-state index in [1.807, 2.05) is 0 Å². The summed E-state index contributed by atoms with van der Waals surface area (Å²) < 4.78 is 27.7. The Morgan fingerprint density at radius 1 is 1.08 bits per heavy atom. The first-order chi connectivity index (χ1) is 18.3. The van der Waals surface area contributed by atoms with Crippen molar-refractivity contribution in [2.45, 2.75) is 55.1 Å². The van der Waals surface area contributed by atoms with Crippen LogP contribution in [0.4, 0.5) is 0 Å². The van der Waals surface area contributed by atoms with Crippen molar-refractivity contribution in [1.29, 1.82) is 0 Å². The van der Waals surface area contributed by atoms with E-state index in [4.69, 9.17) is 28.8 Å². The number of aliphatic hydroxyl groups is 6. The molecular formula is C25H31NO12. The molecule has 0 bridgehead atoms. The second-order valence-corrected chi connectivity index (χ2v) is 9.09. The molecule has 2 aliphatic rings. The number of benzene rings is 1. The first-order valence-corrected chi connectivity index (χ1v) is 12.0. The van der Waals surface area contributed by atoms with Crippen molar-refractivity contribution in [3.63, 3.8) is 0 Å². The molecule has 13 nitrogen and oxygen atoms in total. The lowest BCUT2D eigenvalue weighted by Gasteiger charge is -2.42. The van der Waals surface area contributed by atoms with E-state index in [2.05, 4.69) is 4.98 Å². The number of pyridine rings is 1. The molecule has 2 fully saturated rings. The zero-order valence-corrected chi connectivity index (χ0v) is 20.3. The van der Waals surface area contributed by atoms with Gasteiger partial charge in [-0.15, -0.1) is 0 Å². The summed E-state index contributed by atoms with van der Waals surface area (Å²) in [7, 11) is 0. The fraction of sp³-hybridized carbons (Fsp3) is 0.520. The summed E-state index contributed by atoms with van der Waals surface area (Å²) in [5.41, 5.74) is -1.03. The molecule has 6 N–H and O–H groups in total. The Kier molecular flexibility index (Phi) is 9.25. The lowest BCUT2D eigenvalue weighted by atomic mass is 9.98. The summed E-state index contributed by atoms with van der Waals surface area (Å²) in [6, 6.07) is 9.66. The number of nitrogens with zero attached hydrogens (tertiary/aromatic N) is 1. The van der Waals surface area contributed by atoms with Crippen LogP contribution in [0.1, 0.15) is 15.9 Å². The third-order valence-corrected chi connectivity index (χ3v) is 6.35. The van der Waals surface area contributed by atoms with Crippen molar-refractivity contribution < 1.29 is 59.1 Å². The predicted molar refractivity (Wildman–Crippen MR) is 126 cm³/mol. The Bertz CT molecular complexity index is 1040. The summed E-state index contributed by atoms with van der Waals surface area (Å²) in [5, 5.41) is 61.3. The molecule has 0 amide bonds. The monoisotopic (exact) mass is 537 g/mol. The number of hydrogen-bond donors (Lipinski definition) is 6. The van der Waals surface area contributed by atoms with E-state index < -0.39 is 74.5 Å². The van der Waals surface area contributed by atoms with Gasteiger partial charge < -0.3 is 54.3 Å². The number of ether oxygens (including phenoxy) is 5. The topological polar surface area (TPSA) is 197 Å². The summed E-state index contributed by atoms with van der Waals surface area (Å²) in [4.78, 5) is 16.0. The molecule has 2 aliphatic heterocycles. The first-order valence-electron chi connectivity index (χ1n) is 12.0. The number of rotatable bonds is 10. The van der Waals surface area contributed by atoms with Gasteiger partial charge in [0.15, 0.2) is 18.0 Å². The number of carbonyl (C=O) groups is 1. The third kappa shape index (κ3) is 6.29. The van der Waals surface area contributed by atoms with Gasteiger partial charge in [-0.2, -0.15) is 0 Å². The van der Waals surface area contributed by atoms with Gasteiger partial charge in [-0.25, -0.2) is 4.79 Å². The highest BCUT2D eigenvalue weighted by atomic mass is 16.8. The van der Waals surface area contributed by atoms with Gasteiger partial charge in [0, 0.05) is 19.0 Å². The normalized spacial score (nSPS) is 33.2. The second kappa shape index (κ2) is 12.4. The average molecular weight is 538 g/mol. The molecule has 38 heavy (non-hydrogen) atoms. The van der Waals surface area contributed by atoms with Crippen molar-refractivity contribution in [2.75, 3.05) is 26.4 Å². The van der Waals surface area contributed by atoms with Gasteiger partial charge in [-0.1, -0.05) is 12.1 Å². The van der Waals surface area contributed by atoms with E-state index in [1.54, 1.807) is 24.3 Å². The molecule has 8 atom stereocenters. The second-order valence-electron chi connectivity index (χ2n) is 9.09. The molecule has 0 saturated carbocycles. The lowest BCUT2D eigenvalue weighted by molar-refractivity contribution is -0.318. The van der Waals surface area contributed by atoms with E-state index in [1.165, 1.54) is 24.5 Å². The van der Waals surface area contributed by atoms with E-state index in [0.717, 1.165) is 5.56 Å². The maximum absolute atomic E-state index is 12.2. The minimum absolute atomic E-state index is 0.0250. The van der Waals surface area contributed by atoms with Crippen molar-refractivity contribution >= 4 is 5.97 Å². The summed E-state index contributed by atoms with van der Waals surface area (Å²) in [5.74, 6) is -0.465. The zero-order chi connectivity index (χ0) is 27.3. The maximum Gasteiger partial charge on any atom is 0.339 e. The lowest BCUT2D eigenvalue weighted by Crippen LogP contribution is -2.62. The van der Waals surface area contributed by atoms with Gasteiger partial charge in [0.05, 0.1) is 18.8 Å². The molecule has 0 aliphatic carbocycles. The molecule has 4 rings (SSSR count). The van der Waals surface area contributed by atoms with Crippen LogP contribution in [-0.2, 0) is 25.4 Å². The summed E-state index contributed by atoms with van der Waals surface area (Å²) >= 11 is 0. The van der Waals surface area contributed by atoms with Gasteiger partial charge in [-0.05, 0) is 36.2 Å². The number of hydrogen-bond acceptors (Lipinski definition) is 13. The molecule has 0 spiro atoms. The van der Waals surface area contributed by atoms with Gasteiger partial charge in [0.2, 0.25) is 6.29 Å². The Morgan fingerprint density at radius 3 is 2.50 bits per heavy atom. The highest BCUT2D eigenvalue weighted by Gasteiger charge is 2.54. The van der Waals surface area contributed by atoms with Crippen LogP contribution in [0.2, 0.25) is 0 Å². The Hall–Kier alpha value is -2.72. The van der Waals surface area contributed by atoms with Crippen LogP contribution in [0.25, 0.3) is 0 Å². The summed E-state index contributed by atoms with van der Waals surface area (Å²) in [6.07, 6.45) is -7.20. The molecule has 2 aromatic rings. The van der Waals surface area contributed by atoms with E-state index in [9.17, 15) is 30.3 Å². The van der Waals surface area contributed by atoms with Crippen molar-refractivity contribution in [3.8, 4) is 5.75 Å². The number of esters is 1. The van der Waals surface area contributed by atoms with Crippen LogP contribution >= 0.6 is 0 Å². The molecule has 1 aromatic carbocycles. The third-order valence-electron chi connectivity index (χ3n) is 6.35. The van der Waals surface area contributed by atoms with E-state index in [-0.39, 0.29) is 12.2 Å². The molecule has 13 heteroatoms. The van der Waals surface area contributed by atoms with E-state index >= 15 is 0 Å². The van der Waals surface area contributed by atoms with Crippen molar-refractivity contribution in [3.05, 3.63) is 59.9 Å². The summed E-state index contributed by atoms with van der Waals surface area (Å²) in [6.45, 7) is -1.74. The largest absolute Gasteiger partial charge is 0.462 e. The predicted octanol–water partition coefficient (Wildman–Crippen LogP) is -1.88. The molecule has 1 aromatic heterocycles. The van der Waals surface area contributed by atoms with Crippen LogP contribution < -0.4 is 4.74 Å². The standard InChI is InChI=1S/C25H31NO12/c27-9-7-14-3-5-16(6-4-14)36-23-20(19(30)18(29)17(11-28)37-23)38-24-21(31)25(33,13-35-24)12-34-22(32)15-2-1-8-26-10-15/h1-6,8,10,17-21,23-24,27-31,33H,7,9,11-13H2. The van der Waals surface area contributed by atoms with Crippen LogP contribution in [-0.4, -0.2) is 117 Å². The number of aliphatic hydroxyl groups excluding tert-OH is 5. The average Bonchev–Trinajstić information content (AvgIpc) is 3.21. The molecular weight excluding hydrogens is 506 g/mol. The van der Waals surface area contributed by atoms with E-state index in [0.29, 0.717) is 12.2 Å². The molecule has 0 radical (unpaired) electrons. The molecule has 208 valence electrons. The van der Waals surface area contributed by atoms with Crippen LogP contribution in [0.5, 0.6) is 5.75 Å². The maximum atomic E-state index is 12.2. The van der Waals surface area contributed by atoms with Gasteiger partial charge in [0.1, 0.15) is 36.8 Å². The van der Waals surface area contributed by atoms with Gasteiger partial charge >= 0.3 is 5.97 Å². The van der Waals surface area contributed by atoms with Crippen molar-refractivity contribution in [2.24, 2.45) is 0 Å². The van der Waals surface area contributed by atoms with Crippen LogP contribution in [0.15, 0.2) is 48.8 Å². The highest BCUT2D eigenvalue weighted by molar-refractivity contribution is 5.88. The number of carbonyl (C=O) groups excluding carboxylic acids is 1. The minimum atomic E-state index is -2.03. The molecule has 8 unspecified atom stereocenters. The van der Waals surface area contributed by atoms with Gasteiger partial charge in [-0.3, -0.25) is 4.98 Å². The quantitative estimate of drug-likeness (QED) is 0.184. The first kappa shape index (κ1) is 28.3. The Balaban J connectivity index is 1.43. The van der Waals surface area contributed by atoms with Crippen molar-refractivity contribution in [1.82, 2.24) is 4.98 Å².